The maximum atomic E-state index is 14.8. The molecule has 7 rings (SSSR count). The molecule has 4 aromatic carbocycles. The van der Waals surface area contributed by atoms with E-state index in [4.69, 9.17) is 14.2 Å². The number of Topliss-reactive ketones (excluding diaryl/α,β-unsaturated/α-hetero) is 3. The fourth-order valence-electron chi connectivity index (χ4n) is 7.26. The van der Waals surface area contributed by atoms with E-state index in [2.05, 4.69) is 0 Å². The van der Waals surface area contributed by atoms with Crippen molar-refractivity contribution < 1.29 is 28.6 Å². The second-order valence-electron chi connectivity index (χ2n) is 11.0. The number of hydrogen-bond acceptors (Lipinski definition) is 7. The summed E-state index contributed by atoms with van der Waals surface area (Å²) in [5.74, 6) is -0.0414. The van der Waals surface area contributed by atoms with Crippen molar-refractivity contribution in [2.75, 3.05) is 26.2 Å². The monoisotopic (exact) mass is 571 g/mol. The molecule has 214 valence electrons. The molecule has 0 amide bonds. The lowest BCUT2D eigenvalue weighted by Crippen LogP contribution is -2.48. The van der Waals surface area contributed by atoms with Gasteiger partial charge in [0.15, 0.2) is 28.8 Å². The summed E-state index contributed by atoms with van der Waals surface area (Å²) in [4.78, 5) is 46.4. The van der Waals surface area contributed by atoms with Gasteiger partial charge in [0.1, 0.15) is 17.2 Å². The van der Waals surface area contributed by atoms with Crippen LogP contribution in [0.3, 0.4) is 0 Å². The smallest absolute Gasteiger partial charge is 0.185 e. The van der Waals surface area contributed by atoms with E-state index in [1.54, 1.807) is 74.9 Å². The third-order valence-corrected chi connectivity index (χ3v) is 9.12. The molecule has 4 aromatic rings. The Kier molecular flexibility index (Phi) is 6.20. The summed E-state index contributed by atoms with van der Waals surface area (Å²) in [7, 11) is 4.66. The van der Waals surface area contributed by atoms with E-state index in [1.165, 1.54) is 7.11 Å². The van der Waals surface area contributed by atoms with E-state index in [1.807, 2.05) is 47.4 Å². The summed E-state index contributed by atoms with van der Waals surface area (Å²) in [5.41, 5.74) is 1.95. The van der Waals surface area contributed by atoms with Crippen LogP contribution in [0, 0.1) is 5.41 Å². The number of fused-ring (bicyclic) bond motifs is 5. The minimum absolute atomic E-state index is 0.203. The lowest BCUT2D eigenvalue weighted by molar-refractivity contribution is 0.0665. The third kappa shape index (κ3) is 3.64. The van der Waals surface area contributed by atoms with Crippen LogP contribution in [0.25, 0.3) is 6.08 Å². The molecule has 7 nitrogen and oxygen atoms in total. The van der Waals surface area contributed by atoms with Crippen LogP contribution in [0.2, 0.25) is 0 Å². The van der Waals surface area contributed by atoms with Crippen LogP contribution in [0.5, 0.6) is 17.2 Å². The fraction of sp³-hybridized carbons (Fsp3) is 0.194. The second kappa shape index (κ2) is 9.98. The Bertz CT molecular complexity index is 1790. The van der Waals surface area contributed by atoms with Gasteiger partial charge in [-0.05, 0) is 53.6 Å². The second-order valence-corrected chi connectivity index (χ2v) is 11.0. The molecule has 3 atom stereocenters. The molecule has 1 fully saturated rings. The molecule has 0 aromatic heterocycles. The molecule has 1 unspecified atom stereocenters. The Morgan fingerprint density at radius 1 is 0.744 bits per heavy atom. The highest BCUT2D eigenvalue weighted by Crippen LogP contribution is 2.61. The molecule has 7 heteroatoms. The maximum Gasteiger partial charge on any atom is 0.185 e. The van der Waals surface area contributed by atoms with Crippen LogP contribution in [0.15, 0.2) is 97.1 Å². The standard InChI is InChI=1S/C36H29NO6/c1-41-24-16-12-22(13-17-24)33(38)32-31(23-14-18-28(42-2)29(20-23)43-3)36(34(39)25-9-5-6-10-26(25)35(36)40)30-19-15-21-8-4-7-11-27(21)37(30)32/h4-20,30-32H,1-3H3/t30?,31-,32+/m1/s1. The SMILES string of the molecule is COc1ccc(C(=O)[C@@H]2[C@@H](c3ccc(OC)c(OC)c3)C3(C(=O)c4ccccc4C3=O)C3C=Cc4ccccc4N32)cc1. The normalized spacial score (nSPS) is 20.9. The van der Waals surface area contributed by atoms with E-state index < -0.39 is 23.4 Å². The van der Waals surface area contributed by atoms with Gasteiger partial charge >= 0.3 is 0 Å². The van der Waals surface area contributed by atoms with Crippen molar-refractivity contribution in [2.45, 2.75) is 18.0 Å². The minimum atomic E-state index is -1.60. The summed E-state index contributed by atoms with van der Waals surface area (Å²) in [6.07, 6.45) is 3.87. The number of carbonyl (C=O) groups is 3. The summed E-state index contributed by atoms with van der Waals surface area (Å²) in [5, 5.41) is 0. The van der Waals surface area contributed by atoms with Crippen molar-refractivity contribution in [2.24, 2.45) is 5.41 Å². The number of nitrogens with zero attached hydrogens (tertiary/aromatic N) is 1. The molecule has 1 aliphatic carbocycles. The average molecular weight is 572 g/mol. The van der Waals surface area contributed by atoms with Gasteiger partial charge in [0.05, 0.1) is 27.4 Å². The van der Waals surface area contributed by atoms with Crippen molar-refractivity contribution in [1.29, 1.82) is 0 Å². The largest absolute Gasteiger partial charge is 0.497 e. The Balaban J connectivity index is 1.54. The van der Waals surface area contributed by atoms with Gasteiger partial charge in [-0.15, -0.1) is 0 Å². The number of benzene rings is 4. The van der Waals surface area contributed by atoms with Crippen molar-refractivity contribution >= 4 is 29.1 Å². The highest BCUT2D eigenvalue weighted by atomic mass is 16.5. The number of anilines is 1. The van der Waals surface area contributed by atoms with Crippen molar-refractivity contribution in [3.05, 3.63) is 125 Å². The molecule has 3 aliphatic rings. The summed E-state index contributed by atoms with van der Waals surface area (Å²) >= 11 is 0. The molecule has 0 bridgehead atoms. The highest BCUT2D eigenvalue weighted by Gasteiger charge is 2.71. The molecule has 0 saturated carbocycles. The predicted octanol–water partition coefficient (Wildman–Crippen LogP) is 6.03. The Hall–Kier alpha value is -5.17. The lowest BCUT2D eigenvalue weighted by atomic mass is 9.64. The van der Waals surface area contributed by atoms with Gasteiger partial charge in [0.2, 0.25) is 0 Å². The molecule has 2 aliphatic heterocycles. The van der Waals surface area contributed by atoms with Gasteiger partial charge in [0, 0.05) is 28.3 Å². The first-order valence-electron chi connectivity index (χ1n) is 14.1. The number of hydrogen-bond donors (Lipinski definition) is 0. The van der Waals surface area contributed by atoms with E-state index >= 15 is 0 Å². The van der Waals surface area contributed by atoms with E-state index in [0.29, 0.717) is 39.5 Å². The van der Waals surface area contributed by atoms with E-state index in [9.17, 15) is 14.4 Å². The van der Waals surface area contributed by atoms with Gasteiger partial charge in [0.25, 0.3) is 0 Å². The van der Waals surface area contributed by atoms with Crippen LogP contribution < -0.4 is 19.1 Å². The molecule has 1 spiro atoms. The first-order valence-corrected chi connectivity index (χ1v) is 14.1. The number of methoxy groups -OCH3 is 3. The molecule has 1 saturated heterocycles. The minimum Gasteiger partial charge on any atom is -0.497 e. The van der Waals surface area contributed by atoms with Gasteiger partial charge in [-0.2, -0.15) is 0 Å². The van der Waals surface area contributed by atoms with Crippen LogP contribution in [-0.2, 0) is 0 Å². The maximum absolute atomic E-state index is 14.8. The zero-order valence-corrected chi connectivity index (χ0v) is 23.9. The average Bonchev–Trinajstić information content (AvgIpc) is 3.50. The van der Waals surface area contributed by atoms with E-state index in [-0.39, 0.29) is 17.3 Å². The first kappa shape index (κ1) is 26.7. The molecule has 2 heterocycles. The Morgan fingerprint density at radius 3 is 2.05 bits per heavy atom. The van der Waals surface area contributed by atoms with Crippen LogP contribution in [0.1, 0.15) is 48.1 Å². The van der Waals surface area contributed by atoms with Crippen molar-refractivity contribution in [3.63, 3.8) is 0 Å². The predicted molar refractivity (Wildman–Crippen MR) is 163 cm³/mol. The zero-order valence-electron chi connectivity index (χ0n) is 23.9. The van der Waals surface area contributed by atoms with Gasteiger partial charge in [-0.1, -0.05) is 60.7 Å². The zero-order chi connectivity index (χ0) is 29.9. The summed E-state index contributed by atoms with van der Waals surface area (Å²) < 4.78 is 16.5. The van der Waals surface area contributed by atoms with Crippen LogP contribution in [-0.4, -0.2) is 50.8 Å². The summed E-state index contributed by atoms with van der Waals surface area (Å²) in [6, 6.07) is 25.4. The highest BCUT2D eigenvalue weighted by molar-refractivity contribution is 6.32. The van der Waals surface area contributed by atoms with E-state index in [0.717, 1.165) is 11.3 Å². The lowest BCUT2D eigenvalue weighted by Gasteiger charge is -2.37. The number of carbonyl (C=O) groups excluding carboxylic acids is 3. The van der Waals surface area contributed by atoms with Crippen LogP contribution >= 0.6 is 0 Å². The molecular formula is C36H29NO6. The quantitative estimate of drug-likeness (QED) is 0.207. The Morgan fingerprint density at radius 2 is 1.40 bits per heavy atom. The van der Waals surface area contributed by atoms with Crippen molar-refractivity contribution in [1.82, 2.24) is 0 Å². The van der Waals surface area contributed by atoms with Gasteiger partial charge in [-0.3, -0.25) is 14.4 Å². The third-order valence-electron chi connectivity index (χ3n) is 9.12. The molecular weight excluding hydrogens is 542 g/mol. The molecule has 0 N–H and O–H groups in total. The number of ketones is 3. The Labute approximate surface area is 249 Å². The first-order chi connectivity index (χ1) is 20.9. The molecule has 0 radical (unpaired) electrons. The van der Waals surface area contributed by atoms with Gasteiger partial charge < -0.3 is 19.1 Å². The number of ether oxygens (including phenoxy) is 3. The van der Waals surface area contributed by atoms with Gasteiger partial charge in [-0.25, -0.2) is 0 Å². The number of rotatable bonds is 6. The molecule has 43 heavy (non-hydrogen) atoms. The topological polar surface area (TPSA) is 82.1 Å². The summed E-state index contributed by atoms with van der Waals surface area (Å²) in [6.45, 7) is 0. The number of para-hydroxylation sites is 1. The fourth-order valence-corrected chi connectivity index (χ4v) is 7.26. The van der Waals surface area contributed by atoms with Crippen LogP contribution in [0.4, 0.5) is 5.69 Å². The van der Waals surface area contributed by atoms with Crippen molar-refractivity contribution in [3.8, 4) is 17.2 Å².